The number of nitrogens with one attached hydrogen (secondary N) is 1. The van der Waals surface area contributed by atoms with Crippen molar-refractivity contribution in [3.05, 3.63) is 51.2 Å². The van der Waals surface area contributed by atoms with Crippen LogP contribution in [0.15, 0.2) is 35.7 Å². The molecular weight excluding hydrogens is 298 g/mol. The highest BCUT2D eigenvalue weighted by Crippen LogP contribution is 2.22. The maximum Gasteiger partial charge on any atom is 0.262 e. The van der Waals surface area contributed by atoms with Gasteiger partial charge in [-0.25, -0.2) is 0 Å². The van der Waals surface area contributed by atoms with Gasteiger partial charge in [0.05, 0.1) is 24.6 Å². The number of aliphatic hydroxyl groups is 1. The summed E-state index contributed by atoms with van der Waals surface area (Å²) in [4.78, 5) is 12.6. The minimum Gasteiger partial charge on any atom is -0.496 e. The fraction of sp³-hybridized carbons (Fsp3) is 0.214. The second kappa shape index (κ2) is 6.74. The molecule has 1 atom stereocenters. The van der Waals surface area contributed by atoms with Crippen LogP contribution in [0.1, 0.15) is 21.3 Å². The van der Waals surface area contributed by atoms with Crippen molar-refractivity contribution in [2.24, 2.45) is 0 Å². The van der Waals surface area contributed by atoms with Crippen molar-refractivity contribution in [1.82, 2.24) is 5.32 Å². The topological polar surface area (TPSA) is 58.6 Å². The number of rotatable bonds is 5. The standard InChI is InChI=1S/C14H14ClNO3S/c1-19-11-6-13(20-8-11)14(18)16-12(7-17)9-2-4-10(15)5-3-9/h2-6,8,12,17H,7H2,1H3,(H,16,18). The van der Waals surface area contributed by atoms with Crippen molar-refractivity contribution in [3.63, 3.8) is 0 Å². The van der Waals surface area contributed by atoms with E-state index in [1.54, 1.807) is 42.8 Å². The van der Waals surface area contributed by atoms with Gasteiger partial charge in [-0.15, -0.1) is 11.3 Å². The Hall–Kier alpha value is -1.56. The van der Waals surface area contributed by atoms with E-state index in [1.165, 1.54) is 11.3 Å². The van der Waals surface area contributed by atoms with Crippen LogP contribution in [-0.2, 0) is 0 Å². The van der Waals surface area contributed by atoms with Crippen LogP contribution < -0.4 is 10.1 Å². The number of carbonyl (C=O) groups is 1. The van der Waals surface area contributed by atoms with Gasteiger partial charge in [0, 0.05) is 16.5 Å². The van der Waals surface area contributed by atoms with Gasteiger partial charge in [-0.05, 0) is 17.7 Å². The summed E-state index contributed by atoms with van der Waals surface area (Å²) < 4.78 is 5.04. The highest BCUT2D eigenvalue weighted by Gasteiger charge is 2.16. The lowest BCUT2D eigenvalue weighted by Gasteiger charge is -2.16. The van der Waals surface area contributed by atoms with Gasteiger partial charge in [0.1, 0.15) is 5.75 Å². The Labute approximate surface area is 126 Å². The molecule has 0 aliphatic carbocycles. The summed E-state index contributed by atoms with van der Waals surface area (Å²) >= 11 is 7.11. The number of amides is 1. The number of benzene rings is 1. The molecule has 6 heteroatoms. The third-order valence-electron chi connectivity index (χ3n) is 2.80. The van der Waals surface area contributed by atoms with E-state index in [9.17, 15) is 9.90 Å². The predicted octanol–water partition coefficient (Wildman–Crippen LogP) is 2.87. The van der Waals surface area contributed by atoms with E-state index in [2.05, 4.69) is 5.32 Å². The van der Waals surface area contributed by atoms with Crippen molar-refractivity contribution in [2.45, 2.75) is 6.04 Å². The molecule has 0 bridgehead atoms. The average Bonchev–Trinajstić information content (AvgIpc) is 2.94. The van der Waals surface area contributed by atoms with Crippen molar-refractivity contribution in [1.29, 1.82) is 0 Å². The number of thiophene rings is 1. The molecule has 1 heterocycles. The molecule has 1 aromatic carbocycles. The zero-order chi connectivity index (χ0) is 14.5. The van der Waals surface area contributed by atoms with E-state index in [0.717, 1.165) is 5.56 Å². The monoisotopic (exact) mass is 311 g/mol. The first-order valence-electron chi connectivity index (χ1n) is 5.93. The molecule has 0 aliphatic heterocycles. The Morgan fingerprint density at radius 2 is 2.15 bits per heavy atom. The summed E-state index contributed by atoms with van der Waals surface area (Å²) in [7, 11) is 1.55. The Balaban J connectivity index is 2.09. The van der Waals surface area contributed by atoms with Gasteiger partial charge in [-0.3, -0.25) is 4.79 Å². The Bertz CT molecular complexity index is 582. The second-order valence-corrected chi connectivity index (χ2v) is 5.46. The summed E-state index contributed by atoms with van der Waals surface area (Å²) in [6.07, 6.45) is 0. The molecule has 0 spiro atoms. The lowest BCUT2D eigenvalue weighted by atomic mass is 10.1. The summed E-state index contributed by atoms with van der Waals surface area (Å²) in [5.74, 6) is 0.402. The van der Waals surface area contributed by atoms with Gasteiger partial charge in [0.25, 0.3) is 5.91 Å². The molecule has 0 radical (unpaired) electrons. The summed E-state index contributed by atoms with van der Waals surface area (Å²) in [6.45, 7) is -0.185. The minimum absolute atomic E-state index is 0.185. The van der Waals surface area contributed by atoms with E-state index in [1.807, 2.05) is 0 Å². The number of hydrogen-bond donors (Lipinski definition) is 2. The second-order valence-electron chi connectivity index (χ2n) is 4.11. The number of hydrogen-bond acceptors (Lipinski definition) is 4. The molecule has 1 amide bonds. The van der Waals surface area contributed by atoms with Crippen LogP contribution in [0, 0.1) is 0 Å². The number of ether oxygens (including phenoxy) is 1. The van der Waals surface area contributed by atoms with Crippen LogP contribution in [0.3, 0.4) is 0 Å². The largest absolute Gasteiger partial charge is 0.496 e. The van der Waals surface area contributed by atoms with Crippen LogP contribution >= 0.6 is 22.9 Å². The quantitative estimate of drug-likeness (QED) is 0.892. The number of halogens is 1. The SMILES string of the molecule is COc1csc(C(=O)NC(CO)c2ccc(Cl)cc2)c1. The van der Waals surface area contributed by atoms with Gasteiger partial charge in [-0.2, -0.15) is 0 Å². The first kappa shape index (κ1) is 14.8. The molecule has 4 nitrogen and oxygen atoms in total. The van der Waals surface area contributed by atoms with Gasteiger partial charge < -0.3 is 15.2 Å². The maximum atomic E-state index is 12.1. The maximum absolute atomic E-state index is 12.1. The normalized spacial score (nSPS) is 11.9. The summed E-state index contributed by atoms with van der Waals surface area (Å²) in [5, 5.41) is 14.6. The molecule has 20 heavy (non-hydrogen) atoms. The van der Waals surface area contributed by atoms with Crippen LogP contribution in [-0.4, -0.2) is 24.7 Å². The van der Waals surface area contributed by atoms with Gasteiger partial charge in [0.15, 0.2) is 0 Å². The van der Waals surface area contributed by atoms with Crippen LogP contribution in [0.4, 0.5) is 0 Å². The molecule has 106 valence electrons. The Kier molecular flexibility index (Phi) is 5.00. The molecule has 1 unspecified atom stereocenters. The van der Waals surface area contributed by atoms with E-state index in [-0.39, 0.29) is 12.5 Å². The molecular formula is C14H14ClNO3S. The molecule has 0 fully saturated rings. The third-order valence-corrected chi connectivity index (χ3v) is 3.95. The van der Waals surface area contributed by atoms with Crippen molar-refractivity contribution < 1.29 is 14.6 Å². The van der Waals surface area contributed by atoms with Gasteiger partial charge >= 0.3 is 0 Å². The number of methoxy groups -OCH3 is 1. The van der Waals surface area contributed by atoms with Crippen molar-refractivity contribution >= 4 is 28.8 Å². The van der Waals surface area contributed by atoms with Crippen LogP contribution in [0.2, 0.25) is 5.02 Å². The smallest absolute Gasteiger partial charge is 0.262 e. The first-order valence-corrected chi connectivity index (χ1v) is 7.19. The third kappa shape index (κ3) is 3.50. The molecule has 0 saturated heterocycles. The van der Waals surface area contributed by atoms with E-state index in [0.29, 0.717) is 15.6 Å². The molecule has 0 aliphatic rings. The van der Waals surface area contributed by atoms with Crippen molar-refractivity contribution in [3.8, 4) is 5.75 Å². The fourth-order valence-corrected chi connectivity index (χ4v) is 2.59. The van der Waals surface area contributed by atoms with Gasteiger partial charge in [0.2, 0.25) is 0 Å². The van der Waals surface area contributed by atoms with Crippen LogP contribution in [0.5, 0.6) is 5.75 Å². The van der Waals surface area contributed by atoms with Gasteiger partial charge in [-0.1, -0.05) is 23.7 Å². The van der Waals surface area contributed by atoms with Crippen LogP contribution in [0.25, 0.3) is 0 Å². The number of carbonyl (C=O) groups excluding carboxylic acids is 1. The molecule has 2 rings (SSSR count). The van der Waals surface area contributed by atoms with E-state index in [4.69, 9.17) is 16.3 Å². The average molecular weight is 312 g/mol. The predicted molar refractivity (Wildman–Crippen MR) is 79.6 cm³/mol. The summed E-state index contributed by atoms with van der Waals surface area (Å²) in [6, 6.07) is 8.19. The first-order chi connectivity index (χ1) is 9.63. The zero-order valence-corrected chi connectivity index (χ0v) is 12.4. The van der Waals surface area contributed by atoms with E-state index >= 15 is 0 Å². The lowest BCUT2D eigenvalue weighted by molar-refractivity contribution is 0.0920. The number of aliphatic hydroxyl groups excluding tert-OH is 1. The summed E-state index contributed by atoms with van der Waals surface area (Å²) in [5.41, 5.74) is 0.800. The Morgan fingerprint density at radius 3 is 2.70 bits per heavy atom. The molecule has 2 aromatic rings. The molecule has 1 aromatic heterocycles. The minimum atomic E-state index is -0.465. The Morgan fingerprint density at radius 1 is 1.45 bits per heavy atom. The highest BCUT2D eigenvalue weighted by atomic mass is 35.5. The molecule has 2 N–H and O–H groups in total. The fourth-order valence-electron chi connectivity index (χ4n) is 1.70. The lowest BCUT2D eigenvalue weighted by Crippen LogP contribution is -2.30. The van der Waals surface area contributed by atoms with E-state index < -0.39 is 6.04 Å². The highest BCUT2D eigenvalue weighted by molar-refractivity contribution is 7.12. The zero-order valence-electron chi connectivity index (χ0n) is 10.8. The molecule has 0 saturated carbocycles. The van der Waals surface area contributed by atoms with Crippen molar-refractivity contribution in [2.75, 3.05) is 13.7 Å².